The summed E-state index contributed by atoms with van der Waals surface area (Å²) < 4.78 is 0. The average Bonchev–Trinajstić information content (AvgIpc) is 2.53. The zero-order valence-electron chi connectivity index (χ0n) is 7.05. The normalized spacial score (nSPS) is 9.75. The fraction of sp³-hybridized carbons (Fsp3) is 0.375. The van der Waals surface area contributed by atoms with Gasteiger partial charge in [0.25, 0.3) is 0 Å². The number of amides is 1. The number of carbonyl (C=O) groups excluding carboxylic acids is 1. The van der Waals surface area contributed by atoms with Crippen molar-refractivity contribution >= 4 is 11.7 Å². The number of aromatic nitrogens is 1. The molecule has 0 spiro atoms. The maximum absolute atomic E-state index is 11.1. The SMILES string of the molecule is CCNCC(=O)Nc1ccc[nH]1. The molecule has 0 aliphatic carbocycles. The highest BCUT2D eigenvalue weighted by atomic mass is 16.1. The second-order valence-corrected chi connectivity index (χ2v) is 2.41. The largest absolute Gasteiger partial charge is 0.348 e. The second-order valence-electron chi connectivity index (χ2n) is 2.41. The number of likely N-dealkylation sites (N-methyl/N-ethyl adjacent to an activating group) is 1. The summed E-state index contributed by atoms with van der Waals surface area (Å²) in [6.45, 7) is 3.12. The summed E-state index contributed by atoms with van der Waals surface area (Å²) in [5, 5.41) is 5.63. The number of anilines is 1. The van der Waals surface area contributed by atoms with E-state index in [1.165, 1.54) is 0 Å². The van der Waals surface area contributed by atoms with Crippen LogP contribution in [0.25, 0.3) is 0 Å². The van der Waals surface area contributed by atoms with Crippen LogP contribution in [-0.4, -0.2) is 24.0 Å². The first-order valence-corrected chi connectivity index (χ1v) is 3.97. The van der Waals surface area contributed by atoms with Crippen molar-refractivity contribution < 1.29 is 4.79 Å². The van der Waals surface area contributed by atoms with Crippen molar-refractivity contribution in [1.82, 2.24) is 10.3 Å². The molecule has 4 nitrogen and oxygen atoms in total. The van der Waals surface area contributed by atoms with Crippen LogP contribution in [0.3, 0.4) is 0 Å². The average molecular weight is 167 g/mol. The molecular weight excluding hydrogens is 154 g/mol. The van der Waals surface area contributed by atoms with E-state index in [2.05, 4.69) is 15.6 Å². The minimum absolute atomic E-state index is 0.0284. The highest BCUT2D eigenvalue weighted by Gasteiger charge is 1.99. The van der Waals surface area contributed by atoms with Gasteiger partial charge in [0, 0.05) is 6.20 Å². The van der Waals surface area contributed by atoms with Crippen LogP contribution in [0.1, 0.15) is 6.92 Å². The Hall–Kier alpha value is -1.29. The van der Waals surface area contributed by atoms with Gasteiger partial charge in [-0.15, -0.1) is 0 Å². The Labute approximate surface area is 71.4 Å². The van der Waals surface area contributed by atoms with Crippen LogP contribution in [-0.2, 0) is 4.79 Å². The van der Waals surface area contributed by atoms with Crippen molar-refractivity contribution in [2.24, 2.45) is 0 Å². The molecule has 4 heteroatoms. The molecule has 3 N–H and O–H groups in total. The molecule has 0 radical (unpaired) electrons. The van der Waals surface area contributed by atoms with Gasteiger partial charge in [-0.05, 0) is 18.7 Å². The van der Waals surface area contributed by atoms with Gasteiger partial charge in [-0.25, -0.2) is 0 Å². The van der Waals surface area contributed by atoms with E-state index in [0.29, 0.717) is 6.54 Å². The van der Waals surface area contributed by atoms with Crippen LogP contribution in [0.4, 0.5) is 5.82 Å². The minimum Gasteiger partial charge on any atom is -0.348 e. The van der Waals surface area contributed by atoms with Crippen LogP contribution in [0.5, 0.6) is 0 Å². The maximum atomic E-state index is 11.1. The number of nitrogens with one attached hydrogen (secondary N) is 3. The molecule has 1 rings (SSSR count). The Bertz CT molecular complexity index is 230. The molecule has 0 aliphatic heterocycles. The zero-order chi connectivity index (χ0) is 8.81. The molecule has 1 aromatic rings. The van der Waals surface area contributed by atoms with E-state index in [4.69, 9.17) is 0 Å². The molecule has 1 amide bonds. The number of hydrogen-bond acceptors (Lipinski definition) is 2. The number of H-pyrrole nitrogens is 1. The van der Waals surface area contributed by atoms with Gasteiger partial charge in [0.2, 0.25) is 5.91 Å². The van der Waals surface area contributed by atoms with Crippen molar-refractivity contribution in [1.29, 1.82) is 0 Å². The van der Waals surface area contributed by atoms with E-state index >= 15 is 0 Å². The molecule has 0 atom stereocenters. The first-order valence-electron chi connectivity index (χ1n) is 3.97. The molecule has 66 valence electrons. The van der Waals surface area contributed by atoms with E-state index in [1.54, 1.807) is 6.20 Å². The lowest BCUT2D eigenvalue weighted by Gasteiger charge is -2.01. The fourth-order valence-electron chi connectivity index (χ4n) is 0.841. The van der Waals surface area contributed by atoms with Crippen molar-refractivity contribution in [2.75, 3.05) is 18.4 Å². The van der Waals surface area contributed by atoms with Gasteiger partial charge < -0.3 is 15.6 Å². The van der Waals surface area contributed by atoms with Crippen LogP contribution < -0.4 is 10.6 Å². The fourth-order valence-corrected chi connectivity index (χ4v) is 0.841. The van der Waals surface area contributed by atoms with Crippen molar-refractivity contribution in [2.45, 2.75) is 6.92 Å². The Morgan fingerprint density at radius 2 is 2.50 bits per heavy atom. The third kappa shape index (κ3) is 2.75. The van der Waals surface area contributed by atoms with Gasteiger partial charge in [-0.1, -0.05) is 6.92 Å². The highest BCUT2D eigenvalue weighted by Crippen LogP contribution is 1.99. The lowest BCUT2D eigenvalue weighted by Crippen LogP contribution is -2.27. The number of carbonyl (C=O) groups is 1. The number of rotatable bonds is 4. The predicted octanol–water partition coefficient (Wildman–Crippen LogP) is 0.563. The predicted molar refractivity (Wildman–Crippen MR) is 48.0 cm³/mol. The zero-order valence-corrected chi connectivity index (χ0v) is 7.05. The van der Waals surface area contributed by atoms with E-state index < -0.39 is 0 Å². The maximum Gasteiger partial charge on any atom is 0.239 e. The molecule has 0 aromatic carbocycles. The number of aromatic amines is 1. The summed E-state index contributed by atoms with van der Waals surface area (Å²) in [6.07, 6.45) is 1.77. The summed E-state index contributed by atoms with van der Waals surface area (Å²) in [5.41, 5.74) is 0. The van der Waals surface area contributed by atoms with Crippen molar-refractivity contribution in [3.8, 4) is 0 Å². The second kappa shape index (κ2) is 4.56. The quantitative estimate of drug-likeness (QED) is 0.613. The van der Waals surface area contributed by atoms with Crippen LogP contribution >= 0.6 is 0 Å². The van der Waals surface area contributed by atoms with Gasteiger partial charge >= 0.3 is 0 Å². The van der Waals surface area contributed by atoms with E-state index in [1.807, 2.05) is 19.1 Å². The van der Waals surface area contributed by atoms with Crippen molar-refractivity contribution in [3.05, 3.63) is 18.3 Å². The first-order chi connectivity index (χ1) is 5.83. The summed E-state index contributed by atoms with van der Waals surface area (Å²) in [6, 6.07) is 3.65. The Balaban J connectivity index is 2.27. The van der Waals surface area contributed by atoms with Crippen LogP contribution in [0.2, 0.25) is 0 Å². The first kappa shape index (κ1) is 8.80. The van der Waals surface area contributed by atoms with Gasteiger partial charge in [0.05, 0.1) is 6.54 Å². The number of hydrogen-bond donors (Lipinski definition) is 3. The lowest BCUT2D eigenvalue weighted by molar-refractivity contribution is -0.115. The molecule has 0 saturated carbocycles. The monoisotopic (exact) mass is 167 g/mol. The third-order valence-corrected chi connectivity index (χ3v) is 1.41. The molecule has 12 heavy (non-hydrogen) atoms. The highest BCUT2D eigenvalue weighted by molar-refractivity contribution is 5.91. The molecule has 0 unspecified atom stereocenters. The Kier molecular flexibility index (Phi) is 3.35. The summed E-state index contributed by atoms with van der Waals surface area (Å²) in [4.78, 5) is 14.0. The van der Waals surface area contributed by atoms with Crippen LogP contribution in [0.15, 0.2) is 18.3 Å². The molecular formula is C8H13N3O. The van der Waals surface area contributed by atoms with Gasteiger partial charge in [-0.3, -0.25) is 4.79 Å². The van der Waals surface area contributed by atoms with E-state index in [-0.39, 0.29) is 5.91 Å². The van der Waals surface area contributed by atoms with Crippen LogP contribution in [0, 0.1) is 0 Å². The molecule has 0 fully saturated rings. The topological polar surface area (TPSA) is 56.9 Å². The smallest absolute Gasteiger partial charge is 0.239 e. The summed E-state index contributed by atoms with van der Waals surface area (Å²) in [7, 11) is 0. The molecule has 1 aromatic heterocycles. The van der Waals surface area contributed by atoms with Gasteiger partial charge in [0.15, 0.2) is 0 Å². The van der Waals surface area contributed by atoms with Crippen molar-refractivity contribution in [3.63, 3.8) is 0 Å². The minimum atomic E-state index is -0.0284. The summed E-state index contributed by atoms with van der Waals surface area (Å²) in [5.74, 6) is 0.706. The molecule has 0 bridgehead atoms. The van der Waals surface area contributed by atoms with Gasteiger partial charge in [0.1, 0.15) is 5.82 Å². The van der Waals surface area contributed by atoms with E-state index in [9.17, 15) is 4.79 Å². The molecule has 1 heterocycles. The summed E-state index contributed by atoms with van der Waals surface area (Å²) >= 11 is 0. The van der Waals surface area contributed by atoms with E-state index in [0.717, 1.165) is 12.4 Å². The lowest BCUT2D eigenvalue weighted by atomic mass is 10.5. The molecule has 0 aliphatic rings. The third-order valence-electron chi connectivity index (χ3n) is 1.41. The Morgan fingerprint density at radius 3 is 3.08 bits per heavy atom. The van der Waals surface area contributed by atoms with Gasteiger partial charge in [-0.2, -0.15) is 0 Å². The molecule has 0 saturated heterocycles. The standard InChI is InChI=1S/C8H13N3O/c1-2-9-6-8(12)11-7-4-3-5-10-7/h3-5,9-10H,2,6H2,1H3,(H,11,12). The Morgan fingerprint density at radius 1 is 1.67 bits per heavy atom.